The lowest BCUT2D eigenvalue weighted by Crippen LogP contribution is -2.46. The molecule has 5 heteroatoms. The molecule has 1 aliphatic carbocycles. The highest BCUT2D eigenvalue weighted by atomic mass is 79.9. The summed E-state index contributed by atoms with van der Waals surface area (Å²) in [5.74, 6) is 0.204. The van der Waals surface area contributed by atoms with Crippen molar-refractivity contribution in [3.8, 4) is 0 Å². The average Bonchev–Trinajstić information content (AvgIpc) is 3.37. The Labute approximate surface area is 153 Å². The Balaban J connectivity index is 1.48. The molecule has 1 N–H and O–H groups in total. The van der Waals surface area contributed by atoms with Crippen molar-refractivity contribution in [3.05, 3.63) is 34.3 Å². The van der Waals surface area contributed by atoms with Crippen molar-refractivity contribution in [1.29, 1.82) is 0 Å². The van der Waals surface area contributed by atoms with Crippen LogP contribution in [0.25, 0.3) is 0 Å². The Kier molecular flexibility index (Phi) is 5.63. The molecule has 3 rings (SSSR count). The zero-order chi connectivity index (χ0) is 17.2. The van der Waals surface area contributed by atoms with Gasteiger partial charge in [0.2, 0.25) is 5.91 Å². The first kappa shape index (κ1) is 17.9. The van der Waals surface area contributed by atoms with E-state index in [1.165, 1.54) is 0 Å². The fourth-order valence-corrected chi connectivity index (χ4v) is 3.69. The van der Waals surface area contributed by atoms with Gasteiger partial charge in [0.05, 0.1) is 5.41 Å². The van der Waals surface area contributed by atoms with Gasteiger partial charge in [0.1, 0.15) is 0 Å². The van der Waals surface area contributed by atoms with Gasteiger partial charge in [-0.2, -0.15) is 0 Å². The molecule has 1 saturated carbocycles. The molecule has 1 atom stereocenters. The van der Waals surface area contributed by atoms with E-state index in [1.807, 2.05) is 12.1 Å². The molecule has 0 spiro atoms. The third-order valence-corrected chi connectivity index (χ3v) is 5.96. The third-order valence-electron chi connectivity index (χ3n) is 5.43. The molecule has 1 heterocycles. The van der Waals surface area contributed by atoms with E-state index >= 15 is 0 Å². The average molecular weight is 394 g/mol. The lowest BCUT2D eigenvalue weighted by atomic mass is 9.94. The Hall–Kier alpha value is -0.910. The lowest BCUT2D eigenvalue weighted by molar-refractivity contribution is -0.124. The first-order valence-electron chi connectivity index (χ1n) is 8.97. The number of nitrogens with one attached hydrogen (secondary N) is 1. The van der Waals surface area contributed by atoms with E-state index in [2.05, 4.69) is 57.2 Å². The second kappa shape index (κ2) is 7.54. The van der Waals surface area contributed by atoms with E-state index in [4.69, 9.17) is 0 Å². The first-order chi connectivity index (χ1) is 11.5. The monoisotopic (exact) mass is 393 g/mol. The van der Waals surface area contributed by atoms with Gasteiger partial charge in [-0.3, -0.25) is 4.79 Å². The molecular formula is C19H28BrN3O. The van der Waals surface area contributed by atoms with Crippen LogP contribution in [0.2, 0.25) is 0 Å². The quantitative estimate of drug-likeness (QED) is 0.806. The summed E-state index contributed by atoms with van der Waals surface area (Å²) in [6.07, 6.45) is 2.95. The summed E-state index contributed by atoms with van der Waals surface area (Å²) < 4.78 is 1.06. The van der Waals surface area contributed by atoms with E-state index in [-0.39, 0.29) is 17.4 Å². The highest BCUT2D eigenvalue weighted by Gasteiger charge is 2.51. The van der Waals surface area contributed by atoms with Crippen molar-refractivity contribution in [2.75, 3.05) is 39.8 Å². The number of carbonyl (C=O) groups is 1. The fraction of sp³-hybridized carbons (Fsp3) is 0.632. The van der Waals surface area contributed by atoms with Crippen LogP contribution in [0, 0.1) is 0 Å². The van der Waals surface area contributed by atoms with Crippen LogP contribution in [0.5, 0.6) is 0 Å². The standard InChI is InChI=1S/C19H28BrN3O/c1-15(7-10-23-13-11-22(2)12-14-23)21-18(24)19(8-9-19)16-3-5-17(20)6-4-16/h3-6,15H,7-14H2,1-2H3,(H,21,24). The number of amides is 1. The predicted molar refractivity (Wildman–Crippen MR) is 101 cm³/mol. The van der Waals surface area contributed by atoms with Gasteiger partial charge in [-0.15, -0.1) is 0 Å². The summed E-state index contributed by atoms with van der Waals surface area (Å²) in [4.78, 5) is 17.7. The smallest absolute Gasteiger partial charge is 0.230 e. The van der Waals surface area contributed by atoms with Crippen LogP contribution in [-0.2, 0) is 10.2 Å². The van der Waals surface area contributed by atoms with Crippen LogP contribution in [0.3, 0.4) is 0 Å². The maximum absolute atomic E-state index is 12.8. The number of hydrogen-bond acceptors (Lipinski definition) is 3. The highest BCUT2D eigenvalue weighted by Crippen LogP contribution is 2.48. The van der Waals surface area contributed by atoms with E-state index in [0.29, 0.717) is 0 Å². The summed E-state index contributed by atoms with van der Waals surface area (Å²) in [5, 5.41) is 3.26. The van der Waals surface area contributed by atoms with Crippen LogP contribution < -0.4 is 5.32 Å². The third kappa shape index (κ3) is 4.19. The van der Waals surface area contributed by atoms with E-state index in [9.17, 15) is 4.79 Å². The van der Waals surface area contributed by atoms with Crippen molar-refractivity contribution < 1.29 is 4.79 Å². The van der Waals surface area contributed by atoms with Crippen molar-refractivity contribution in [3.63, 3.8) is 0 Å². The van der Waals surface area contributed by atoms with Crippen molar-refractivity contribution >= 4 is 21.8 Å². The molecule has 2 aliphatic rings. The highest BCUT2D eigenvalue weighted by molar-refractivity contribution is 9.10. The van der Waals surface area contributed by atoms with Gasteiger partial charge in [-0.25, -0.2) is 0 Å². The van der Waals surface area contributed by atoms with Gasteiger partial charge in [-0.05, 0) is 50.9 Å². The van der Waals surface area contributed by atoms with Crippen LogP contribution in [0.4, 0.5) is 0 Å². The zero-order valence-electron chi connectivity index (χ0n) is 14.7. The Morgan fingerprint density at radius 3 is 2.42 bits per heavy atom. The molecule has 4 nitrogen and oxygen atoms in total. The second-order valence-electron chi connectivity index (χ2n) is 7.40. The second-order valence-corrected chi connectivity index (χ2v) is 8.31. The minimum atomic E-state index is -0.275. The van der Waals surface area contributed by atoms with Crippen molar-refractivity contribution in [1.82, 2.24) is 15.1 Å². The molecule has 1 saturated heterocycles. The number of likely N-dealkylation sites (N-methyl/N-ethyl adjacent to an activating group) is 1. The van der Waals surface area contributed by atoms with Gasteiger partial charge in [0.15, 0.2) is 0 Å². The Morgan fingerprint density at radius 2 is 1.83 bits per heavy atom. The van der Waals surface area contributed by atoms with Gasteiger partial charge < -0.3 is 15.1 Å². The van der Waals surface area contributed by atoms with E-state index in [0.717, 1.165) is 62.0 Å². The largest absolute Gasteiger partial charge is 0.353 e. The zero-order valence-corrected chi connectivity index (χ0v) is 16.3. The first-order valence-corrected chi connectivity index (χ1v) is 9.77. The normalized spacial score (nSPS) is 22.1. The molecule has 1 unspecified atom stereocenters. The minimum Gasteiger partial charge on any atom is -0.353 e. The SMILES string of the molecule is CC(CCN1CCN(C)CC1)NC(=O)C1(c2ccc(Br)cc2)CC1. The number of hydrogen-bond donors (Lipinski definition) is 1. The molecule has 0 radical (unpaired) electrons. The molecular weight excluding hydrogens is 366 g/mol. The number of carbonyl (C=O) groups excluding carboxylic acids is 1. The number of nitrogens with zero attached hydrogens (tertiary/aromatic N) is 2. The maximum atomic E-state index is 12.8. The van der Waals surface area contributed by atoms with Crippen LogP contribution in [-0.4, -0.2) is 61.5 Å². The number of halogens is 1. The van der Waals surface area contributed by atoms with Gasteiger partial charge in [0.25, 0.3) is 0 Å². The van der Waals surface area contributed by atoms with Gasteiger partial charge in [0, 0.05) is 43.2 Å². The molecule has 1 aliphatic heterocycles. The summed E-state index contributed by atoms with van der Waals surface area (Å²) in [5.41, 5.74) is 0.873. The molecule has 24 heavy (non-hydrogen) atoms. The molecule has 1 aromatic carbocycles. The van der Waals surface area contributed by atoms with Crippen molar-refractivity contribution in [2.24, 2.45) is 0 Å². The minimum absolute atomic E-state index is 0.204. The lowest BCUT2D eigenvalue weighted by Gasteiger charge is -2.33. The molecule has 0 bridgehead atoms. The van der Waals surface area contributed by atoms with Crippen LogP contribution >= 0.6 is 15.9 Å². The summed E-state index contributed by atoms with van der Waals surface area (Å²) >= 11 is 3.46. The molecule has 2 fully saturated rings. The molecule has 0 aromatic heterocycles. The fourth-order valence-electron chi connectivity index (χ4n) is 3.42. The van der Waals surface area contributed by atoms with Gasteiger partial charge >= 0.3 is 0 Å². The predicted octanol–water partition coefficient (Wildman–Crippen LogP) is 2.62. The van der Waals surface area contributed by atoms with E-state index < -0.39 is 0 Å². The number of benzene rings is 1. The summed E-state index contributed by atoms with van der Waals surface area (Å²) in [6, 6.07) is 8.43. The Morgan fingerprint density at radius 1 is 1.21 bits per heavy atom. The summed E-state index contributed by atoms with van der Waals surface area (Å²) in [7, 11) is 2.18. The van der Waals surface area contributed by atoms with Crippen LogP contribution in [0.1, 0.15) is 31.7 Å². The number of rotatable bonds is 6. The topological polar surface area (TPSA) is 35.6 Å². The molecule has 1 aromatic rings. The molecule has 1 amide bonds. The van der Waals surface area contributed by atoms with E-state index in [1.54, 1.807) is 0 Å². The molecule has 132 valence electrons. The Bertz CT molecular complexity index is 562. The van der Waals surface area contributed by atoms with Crippen molar-refractivity contribution in [2.45, 2.75) is 37.6 Å². The maximum Gasteiger partial charge on any atom is 0.230 e. The number of piperazine rings is 1. The summed E-state index contributed by atoms with van der Waals surface area (Å²) in [6.45, 7) is 7.77. The van der Waals surface area contributed by atoms with Gasteiger partial charge in [-0.1, -0.05) is 28.1 Å². The van der Waals surface area contributed by atoms with Crippen LogP contribution in [0.15, 0.2) is 28.7 Å².